The summed E-state index contributed by atoms with van der Waals surface area (Å²) in [6, 6.07) is 0. The van der Waals surface area contributed by atoms with Crippen LogP contribution in [0.2, 0.25) is 0 Å². The highest BCUT2D eigenvalue weighted by molar-refractivity contribution is 4.70. The van der Waals surface area contributed by atoms with Gasteiger partial charge in [0.25, 0.3) is 0 Å². The second kappa shape index (κ2) is 8.10. The van der Waals surface area contributed by atoms with Gasteiger partial charge in [-0.05, 0) is 20.3 Å². The highest BCUT2D eigenvalue weighted by Crippen LogP contribution is 2.25. The number of rotatable bonds is 9. The van der Waals surface area contributed by atoms with Gasteiger partial charge < -0.3 is 9.47 Å². The third-order valence-corrected chi connectivity index (χ3v) is 3.45. The molecule has 1 aliphatic heterocycles. The first-order valence-corrected chi connectivity index (χ1v) is 7.46. The lowest BCUT2D eigenvalue weighted by Gasteiger charge is -2.16. The molecular formula is C15H30O2. The average molecular weight is 242 g/mol. The zero-order chi connectivity index (χ0) is 12.6. The lowest BCUT2D eigenvalue weighted by Crippen LogP contribution is -2.21. The molecule has 1 rings (SSSR count). The highest BCUT2D eigenvalue weighted by atomic mass is 16.7. The van der Waals surface area contributed by atoms with Crippen LogP contribution in [0, 0.1) is 0 Å². The smallest absolute Gasteiger partial charge is 0.163 e. The van der Waals surface area contributed by atoms with Crippen molar-refractivity contribution in [2.75, 3.05) is 6.61 Å². The van der Waals surface area contributed by atoms with E-state index in [9.17, 15) is 0 Å². The molecule has 0 bridgehead atoms. The Balaban J connectivity index is 1.85. The lowest BCUT2D eigenvalue weighted by atomic mass is 10.1. The SMILES string of the molecule is CCCCCCCCCC[C@H]1COC(C)(C)O1. The van der Waals surface area contributed by atoms with Gasteiger partial charge in [-0.2, -0.15) is 0 Å². The van der Waals surface area contributed by atoms with Crippen molar-refractivity contribution >= 4 is 0 Å². The van der Waals surface area contributed by atoms with Gasteiger partial charge in [0.15, 0.2) is 5.79 Å². The van der Waals surface area contributed by atoms with Crippen LogP contribution < -0.4 is 0 Å². The summed E-state index contributed by atoms with van der Waals surface area (Å²) in [5.74, 6) is -0.342. The quantitative estimate of drug-likeness (QED) is 0.547. The number of hydrogen-bond acceptors (Lipinski definition) is 2. The molecule has 0 unspecified atom stereocenters. The summed E-state index contributed by atoms with van der Waals surface area (Å²) in [5, 5.41) is 0. The van der Waals surface area contributed by atoms with E-state index in [1.54, 1.807) is 0 Å². The molecule has 0 spiro atoms. The molecule has 1 fully saturated rings. The summed E-state index contributed by atoms with van der Waals surface area (Å²) in [6.45, 7) is 7.05. The van der Waals surface area contributed by atoms with Crippen LogP contribution in [0.1, 0.15) is 78.6 Å². The van der Waals surface area contributed by atoms with Crippen molar-refractivity contribution in [2.24, 2.45) is 0 Å². The van der Waals surface area contributed by atoms with Gasteiger partial charge in [0, 0.05) is 0 Å². The Morgan fingerprint density at radius 1 is 0.941 bits per heavy atom. The number of hydrogen-bond donors (Lipinski definition) is 0. The molecule has 2 nitrogen and oxygen atoms in total. The maximum absolute atomic E-state index is 5.79. The lowest BCUT2D eigenvalue weighted by molar-refractivity contribution is -0.139. The van der Waals surface area contributed by atoms with Gasteiger partial charge in [0.1, 0.15) is 0 Å². The van der Waals surface area contributed by atoms with E-state index in [0.717, 1.165) is 6.61 Å². The first-order chi connectivity index (χ1) is 8.14. The van der Waals surface area contributed by atoms with Crippen LogP contribution in [0.25, 0.3) is 0 Å². The molecule has 1 atom stereocenters. The Bertz CT molecular complexity index is 189. The zero-order valence-electron chi connectivity index (χ0n) is 12.0. The van der Waals surface area contributed by atoms with E-state index in [2.05, 4.69) is 6.92 Å². The molecule has 0 aromatic carbocycles. The molecule has 1 saturated heterocycles. The first-order valence-electron chi connectivity index (χ1n) is 7.46. The Kier molecular flexibility index (Phi) is 7.14. The second-order valence-electron chi connectivity index (χ2n) is 5.71. The van der Waals surface area contributed by atoms with Crippen molar-refractivity contribution in [3.63, 3.8) is 0 Å². The van der Waals surface area contributed by atoms with E-state index in [4.69, 9.17) is 9.47 Å². The predicted molar refractivity (Wildman–Crippen MR) is 72.1 cm³/mol. The van der Waals surface area contributed by atoms with E-state index in [1.165, 1.54) is 57.8 Å². The van der Waals surface area contributed by atoms with Crippen molar-refractivity contribution in [1.82, 2.24) is 0 Å². The van der Waals surface area contributed by atoms with E-state index in [-0.39, 0.29) is 5.79 Å². The second-order valence-corrected chi connectivity index (χ2v) is 5.71. The van der Waals surface area contributed by atoms with Crippen LogP contribution in [0.4, 0.5) is 0 Å². The number of ether oxygens (including phenoxy) is 2. The normalized spacial score (nSPS) is 23.1. The van der Waals surface area contributed by atoms with Crippen molar-refractivity contribution in [2.45, 2.75) is 90.4 Å². The minimum Gasteiger partial charge on any atom is -0.348 e. The average Bonchev–Trinajstić information content (AvgIpc) is 2.62. The Morgan fingerprint density at radius 3 is 2.06 bits per heavy atom. The Morgan fingerprint density at radius 2 is 1.53 bits per heavy atom. The molecule has 0 radical (unpaired) electrons. The zero-order valence-corrected chi connectivity index (χ0v) is 12.0. The van der Waals surface area contributed by atoms with Gasteiger partial charge in [-0.25, -0.2) is 0 Å². The molecule has 0 aromatic rings. The van der Waals surface area contributed by atoms with Gasteiger partial charge in [-0.3, -0.25) is 0 Å². The van der Waals surface area contributed by atoms with E-state index >= 15 is 0 Å². The van der Waals surface area contributed by atoms with Crippen molar-refractivity contribution in [1.29, 1.82) is 0 Å². The van der Waals surface area contributed by atoms with Crippen LogP contribution >= 0.6 is 0 Å². The largest absolute Gasteiger partial charge is 0.348 e. The van der Waals surface area contributed by atoms with E-state index in [0.29, 0.717) is 6.10 Å². The molecular weight excluding hydrogens is 212 g/mol. The summed E-state index contributed by atoms with van der Waals surface area (Å²) >= 11 is 0. The van der Waals surface area contributed by atoms with Gasteiger partial charge in [-0.15, -0.1) is 0 Å². The first kappa shape index (κ1) is 15.0. The minimum absolute atomic E-state index is 0.338. The van der Waals surface area contributed by atoms with Crippen molar-refractivity contribution in [3.8, 4) is 0 Å². The molecule has 0 aliphatic carbocycles. The van der Waals surface area contributed by atoms with Crippen LogP contribution in [-0.2, 0) is 9.47 Å². The maximum Gasteiger partial charge on any atom is 0.163 e. The Labute approximate surface area is 107 Å². The fraction of sp³-hybridized carbons (Fsp3) is 1.00. The highest BCUT2D eigenvalue weighted by Gasteiger charge is 2.31. The summed E-state index contributed by atoms with van der Waals surface area (Å²) in [7, 11) is 0. The number of unbranched alkanes of at least 4 members (excludes halogenated alkanes) is 7. The summed E-state index contributed by atoms with van der Waals surface area (Å²) in [6.07, 6.45) is 12.5. The summed E-state index contributed by atoms with van der Waals surface area (Å²) in [4.78, 5) is 0. The predicted octanol–water partition coefficient (Wildman–Crippen LogP) is 4.67. The van der Waals surface area contributed by atoms with E-state index < -0.39 is 0 Å². The van der Waals surface area contributed by atoms with Gasteiger partial charge in [-0.1, -0.05) is 58.3 Å². The van der Waals surface area contributed by atoms with Crippen LogP contribution in [0.15, 0.2) is 0 Å². The van der Waals surface area contributed by atoms with Crippen molar-refractivity contribution in [3.05, 3.63) is 0 Å². The minimum atomic E-state index is -0.342. The summed E-state index contributed by atoms with van der Waals surface area (Å²) in [5.41, 5.74) is 0. The van der Waals surface area contributed by atoms with Crippen molar-refractivity contribution < 1.29 is 9.47 Å². The van der Waals surface area contributed by atoms with Crippen LogP contribution in [0.5, 0.6) is 0 Å². The molecule has 1 heterocycles. The topological polar surface area (TPSA) is 18.5 Å². The molecule has 1 aliphatic rings. The molecule has 0 aromatic heterocycles. The van der Waals surface area contributed by atoms with E-state index in [1.807, 2.05) is 13.8 Å². The summed E-state index contributed by atoms with van der Waals surface area (Å²) < 4.78 is 11.3. The van der Waals surface area contributed by atoms with Gasteiger partial charge in [0.2, 0.25) is 0 Å². The molecule has 0 N–H and O–H groups in total. The van der Waals surface area contributed by atoms with Gasteiger partial charge >= 0.3 is 0 Å². The van der Waals surface area contributed by atoms with Crippen LogP contribution in [-0.4, -0.2) is 18.5 Å². The fourth-order valence-electron chi connectivity index (χ4n) is 2.41. The fourth-order valence-corrected chi connectivity index (χ4v) is 2.41. The standard InChI is InChI=1S/C15H30O2/c1-4-5-6-7-8-9-10-11-12-14-13-16-15(2,3)17-14/h14H,4-13H2,1-3H3/t14-/m0/s1. The van der Waals surface area contributed by atoms with Crippen LogP contribution in [0.3, 0.4) is 0 Å². The third-order valence-electron chi connectivity index (χ3n) is 3.45. The molecule has 2 heteroatoms. The molecule has 0 amide bonds. The molecule has 17 heavy (non-hydrogen) atoms. The van der Waals surface area contributed by atoms with Gasteiger partial charge in [0.05, 0.1) is 12.7 Å². The molecule has 102 valence electrons. The molecule has 0 saturated carbocycles. The maximum atomic E-state index is 5.79. The Hall–Kier alpha value is -0.0800. The monoisotopic (exact) mass is 242 g/mol. The third kappa shape index (κ3) is 7.05.